The first-order valence-electron chi connectivity index (χ1n) is 5.43. The first-order chi connectivity index (χ1) is 6.97. The van der Waals surface area contributed by atoms with Gasteiger partial charge >= 0.3 is 6.18 Å². The number of halogens is 3. The molecule has 0 aliphatic heterocycles. The molecule has 1 fully saturated rings. The van der Waals surface area contributed by atoms with E-state index >= 15 is 0 Å². The van der Waals surface area contributed by atoms with Crippen molar-refractivity contribution >= 4 is 0 Å². The van der Waals surface area contributed by atoms with Gasteiger partial charge in [-0.05, 0) is 39.2 Å². The monoisotopic (exact) mass is 221 g/mol. The van der Waals surface area contributed by atoms with E-state index in [4.69, 9.17) is 0 Å². The van der Waals surface area contributed by atoms with E-state index in [2.05, 4.69) is 5.32 Å². The SMILES string of the molecule is CC(=CCCNC1CC1)CCC(F)(F)F. The van der Waals surface area contributed by atoms with Gasteiger partial charge in [0.25, 0.3) is 0 Å². The topological polar surface area (TPSA) is 12.0 Å². The van der Waals surface area contributed by atoms with Gasteiger partial charge < -0.3 is 5.32 Å². The molecule has 0 aromatic carbocycles. The normalized spacial score (nSPS) is 18.3. The Morgan fingerprint density at radius 3 is 2.60 bits per heavy atom. The highest BCUT2D eigenvalue weighted by Crippen LogP contribution is 2.23. The van der Waals surface area contributed by atoms with Gasteiger partial charge in [0.05, 0.1) is 0 Å². The Balaban J connectivity index is 2.03. The lowest BCUT2D eigenvalue weighted by Gasteiger charge is -2.06. The molecule has 0 heterocycles. The predicted molar refractivity (Wildman–Crippen MR) is 54.7 cm³/mol. The summed E-state index contributed by atoms with van der Waals surface area (Å²) in [6.07, 6.45) is 0.633. The molecule has 1 saturated carbocycles. The zero-order valence-electron chi connectivity index (χ0n) is 9.03. The summed E-state index contributed by atoms with van der Waals surface area (Å²) in [5, 5.41) is 3.32. The smallest absolute Gasteiger partial charge is 0.314 e. The summed E-state index contributed by atoms with van der Waals surface area (Å²) in [6, 6.07) is 0.675. The number of nitrogens with one attached hydrogen (secondary N) is 1. The van der Waals surface area contributed by atoms with Crippen molar-refractivity contribution in [1.29, 1.82) is 0 Å². The third-order valence-corrected chi connectivity index (χ3v) is 2.45. The molecule has 0 atom stereocenters. The molecular weight excluding hydrogens is 203 g/mol. The van der Waals surface area contributed by atoms with Crippen LogP contribution in [0.2, 0.25) is 0 Å². The van der Waals surface area contributed by atoms with E-state index in [1.54, 1.807) is 6.92 Å². The molecule has 1 aliphatic rings. The summed E-state index contributed by atoms with van der Waals surface area (Å²) in [5.41, 5.74) is 0.838. The van der Waals surface area contributed by atoms with Crippen LogP contribution >= 0.6 is 0 Å². The predicted octanol–water partition coefficient (Wildman–Crippen LogP) is 3.42. The number of rotatable bonds is 6. The lowest BCUT2D eigenvalue weighted by molar-refractivity contribution is -0.133. The fraction of sp³-hybridized carbons (Fsp3) is 0.818. The zero-order chi connectivity index (χ0) is 11.3. The van der Waals surface area contributed by atoms with Gasteiger partial charge in [-0.2, -0.15) is 13.2 Å². The summed E-state index contributed by atoms with van der Waals surface area (Å²) in [4.78, 5) is 0. The van der Waals surface area contributed by atoms with Gasteiger partial charge in [-0.15, -0.1) is 0 Å². The van der Waals surface area contributed by atoms with Gasteiger partial charge in [0.15, 0.2) is 0 Å². The first-order valence-corrected chi connectivity index (χ1v) is 5.43. The Kier molecular flexibility index (Phi) is 4.64. The van der Waals surface area contributed by atoms with Crippen LogP contribution in [0.1, 0.15) is 39.0 Å². The summed E-state index contributed by atoms with van der Waals surface area (Å²) in [5.74, 6) is 0. The Bertz CT molecular complexity index is 216. The van der Waals surface area contributed by atoms with Gasteiger partial charge in [-0.3, -0.25) is 0 Å². The number of hydrogen-bond acceptors (Lipinski definition) is 1. The molecule has 88 valence electrons. The maximum atomic E-state index is 11.9. The summed E-state index contributed by atoms with van der Waals surface area (Å²) < 4.78 is 35.6. The van der Waals surface area contributed by atoms with Crippen LogP contribution in [-0.2, 0) is 0 Å². The van der Waals surface area contributed by atoms with Gasteiger partial charge in [0.1, 0.15) is 0 Å². The highest BCUT2D eigenvalue weighted by molar-refractivity contribution is 4.98. The molecule has 0 bridgehead atoms. The molecule has 0 saturated heterocycles. The van der Waals surface area contributed by atoms with Crippen LogP contribution < -0.4 is 5.32 Å². The van der Waals surface area contributed by atoms with Crippen LogP contribution in [0.5, 0.6) is 0 Å². The molecule has 0 radical (unpaired) electrons. The number of hydrogen-bond donors (Lipinski definition) is 1. The number of allylic oxidation sites excluding steroid dienone is 1. The zero-order valence-corrected chi connectivity index (χ0v) is 9.03. The van der Waals surface area contributed by atoms with Gasteiger partial charge in [-0.1, -0.05) is 11.6 Å². The van der Waals surface area contributed by atoms with Gasteiger partial charge in [-0.25, -0.2) is 0 Å². The van der Waals surface area contributed by atoms with Crippen LogP contribution in [0.25, 0.3) is 0 Å². The number of alkyl halides is 3. The van der Waals surface area contributed by atoms with Crippen molar-refractivity contribution in [2.24, 2.45) is 0 Å². The maximum absolute atomic E-state index is 11.9. The standard InChI is InChI=1S/C11H18F3N/c1-9(6-7-11(12,13)14)3-2-8-15-10-4-5-10/h3,10,15H,2,4-8H2,1H3. The molecule has 0 spiro atoms. The minimum Gasteiger partial charge on any atom is -0.314 e. The molecule has 0 amide bonds. The van der Waals surface area contributed by atoms with E-state index in [9.17, 15) is 13.2 Å². The Labute approximate surface area is 88.7 Å². The minimum atomic E-state index is -4.03. The highest BCUT2D eigenvalue weighted by Gasteiger charge is 2.26. The molecule has 4 heteroatoms. The fourth-order valence-corrected chi connectivity index (χ4v) is 1.33. The first kappa shape index (κ1) is 12.6. The quantitative estimate of drug-likeness (QED) is 0.535. The molecule has 1 rings (SSSR count). The summed E-state index contributed by atoms with van der Waals surface area (Å²) in [6.45, 7) is 2.65. The summed E-state index contributed by atoms with van der Waals surface area (Å²) in [7, 11) is 0. The second-order valence-electron chi connectivity index (χ2n) is 4.18. The second-order valence-corrected chi connectivity index (χ2v) is 4.18. The fourth-order valence-electron chi connectivity index (χ4n) is 1.33. The van der Waals surface area contributed by atoms with Crippen LogP contribution in [-0.4, -0.2) is 18.8 Å². The minimum absolute atomic E-state index is 0.132. The third-order valence-electron chi connectivity index (χ3n) is 2.45. The van der Waals surface area contributed by atoms with Crippen LogP contribution in [0.3, 0.4) is 0 Å². The van der Waals surface area contributed by atoms with Gasteiger partial charge in [0, 0.05) is 12.5 Å². The Morgan fingerprint density at radius 2 is 2.07 bits per heavy atom. The lowest BCUT2D eigenvalue weighted by atomic mass is 10.1. The summed E-state index contributed by atoms with van der Waals surface area (Å²) >= 11 is 0. The average molecular weight is 221 g/mol. The molecule has 1 N–H and O–H groups in total. The Morgan fingerprint density at radius 1 is 1.40 bits per heavy atom. The van der Waals surface area contributed by atoms with Crippen molar-refractivity contribution in [3.05, 3.63) is 11.6 Å². The van der Waals surface area contributed by atoms with E-state index in [0.29, 0.717) is 6.04 Å². The molecule has 0 aromatic heterocycles. The molecule has 0 unspecified atom stereocenters. The molecule has 0 aromatic rings. The van der Waals surface area contributed by atoms with Crippen molar-refractivity contribution in [1.82, 2.24) is 5.32 Å². The molecule has 1 nitrogen and oxygen atoms in total. The molecule has 15 heavy (non-hydrogen) atoms. The van der Waals surface area contributed by atoms with Crippen molar-refractivity contribution < 1.29 is 13.2 Å². The molecular formula is C11H18F3N. The van der Waals surface area contributed by atoms with Gasteiger partial charge in [0.2, 0.25) is 0 Å². The highest BCUT2D eigenvalue weighted by atomic mass is 19.4. The van der Waals surface area contributed by atoms with Crippen molar-refractivity contribution in [2.45, 2.75) is 51.2 Å². The average Bonchev–Trinajstić information content (AvgIpc) is 2.91. The third kappa shape index (κ3) is 7.42. The van der Waals surface area contributed by atoms with Crippen molar-refractivity contribution in [2.75, 3.05) is 6.54 Å². The van der Waals surface area contributed by atoms with Crippen LogP contribution in [0.4, 0.5) is 13.2 Å². The van der Waals surface area contributed by atoms with E-state index in [1.165, 1.54) is 12.8 Å². The van der Waals surface area contributed by atoms with E-state index < -0.39 is 12.6 Å². The van der Waals surface area contributed by atoms with Crippen molar-refractivity contribution in [3.63, 3.8) is 0 Å². The maximum Gasteiger partial charge on any atom is 0.389 e. The largest absolute Gasteiger partial charge is 0.389 e. The van der Waals surface area contributed by atoms with Crippen LogP contribution in [0, 0.1) is 0 Å². The van der Waals surface area contributed by atoms with E-state index in [0.717, 1.165) is 18.5 Å². The lowest BCUT2D eigenvalue weighted by Crippen LogP contribution is -2.16. The molecule has 1 aliphatic carbocycles. The van der Waals surface area contributed by atoms with E-state index in [1.807, 2.05) is 6.08 Å². The van der Waals surface area contributed by atoms with Crippen LogP contribution in [0.15, 0.2) is 11.6 Å². The van der Waals surface area contributed by atoms with E-state index in [-0.39, 0.29) is 6.42 Å². The Hall–Kier alpha value is -0.510. The second kappa shape index (κ2) is 5.54. The van der Waals surface area contributed by atoms with Crippen molar-refractivity contribution in [3.8, 4) is 0 Å².